The second-order valence-electron chi connectivity index (χ2n) is 7.29. The highest BCUT2D eigenvalue weighted by atomic mass is 16.5. The molecular formula is C23H24N2O4. The van der Waals surface area contributed by atoms with E-state index in [1.807, 2.05) is 41.3 Å². The predicted octanol–water partition coefficient (Wildman–Crippen LogP) is 3.40. The molecule has 0 unspecified atom stereocenters. The molecule has 2 heterocycles. The van der Waals surface area contributed by atoms with Gasteiger partial charge in [0.25, 0.3) is 5.91 Å². The van der Waals surface area contributed by atoms with Gasteiger partial charge in [-0.2, -0.15) is 0 Å². The van der Waals surface area contributed by atoms with E-state index in [4.69, 9.17) is 9.15 Å². The van der Waals surface area contributed by atoms with E-state index in [-0.39, 0.29) is 17.9 Å². The van der Waals surface area contributed by atoms with Crippen molar-refractivity contribution < 1.29 is 18.7 Å². The topological polar surface area (TPSA) is 71.8 Å². The first-order chi connectivity index (χ1) is 14.1. The predicted molar refractivity (Wildman–Crippen MR) is 110 cm³/mol. The maximum atomic E-state index is 12.8. The van der Waals surface area contributed by atoms with Crippen molar-refractivity contribution in [3.63, 3.8) is 0 Å². The molecule has 4 rings (SSSR count). The van der Waals surface area contributed by atoms with Crippen molar-refractivity contribution in [2.75, 3.05) is 20.2 Å². The monoisotopic (exact) mass is 392 g/mol. The Hall–Kier alpha value is -3.28. The summed E-state index contributed by atoms with van der Waals surface area (Å²) in [6.07, 6.45) is 3.47. The number of ether oxygens (including phenoxy) is 1. The zero-order valence-corrected chi connectivity index (χ0v) is 16.4. The Morgan fingerprint density at radius 2 is 1.90 bits per heavy atom. The van der Waals surface area contributed by atoms with Gasteiger partial charge in [0.2, 0.25) is 5.91 Å². The van der Waals surface area contributed by atoms with Crippen LogP contribution < -0.4 is 10.1 Å². The number of piperidine rings is 1. The number of fused-ring (bicyclic) bond motifs is 1. The quantitative estimate of drug-likeness (QED) is 0.722. The molecule has 0 saturated carbocycles. The van der Waals surface area contributed by atoms with Gasteiger partial charge in [-0.05, 0) is 37.1 Å². The molecule has 1 aliphatic heterocycles. The number of benzene rings is 2. The molecule has 1 saturated heterocycles. The maximum absolute atomic E-state index is 12.8. The minimum atomic E-state index is -0.0596. The molecule has 6 nitrogen and oxygen atoms in total. The normalized spacial score (nSPS) is 14.7. The van der Waals surface area contributed by atoms with E-state index < -0.39 is 0 Å². The summed E-state index contributed by atoms with van der Waals surface area (Å²) in [7, 11) is 1.61. The van der Waals surface area contributed by atoms with Crippen LogP contribution in [-0.4, -0.2) is 43.0 Å². The molecule has 2 aromatic carbocycles. The van der Waals surface area contributed by atoms with Crippen LogP contribution in [0.1, 0.15) is 28.8 Å². The Morgan fingerprint density at radius 1 is 1.14 bits per heavy atom. The van der Waals surface area contributed by atoms with Gasteiger partial charge in [-0.25, -0.2) is 0 Å². The number of amides is 2. The Labute approximate surface area is 169 Å². The number of methoxy groups -OCH3 is 1. The molecule has 1 N–H and O–H groups in total. The third-order valence-electron chi connectivity index (χ3n) is 5.42. The largest absolute Gasteiger partial charge is 0.497 e. The third kappa shape index (κ3) is 4.26. The number of hydrogen-bond donors (Lipinski definition) is 1. The summed E-state index contributed by atoms with van der Waals surface area (Å²) in [5.41, 5.74) is 2.26. The van der Waals surface area contributed by atoms with E-state index in [2.05, 4.69) is 5.32 Å². The van der Waals surface area contributed by atoms with E-state index in [1.165, 1.54) is 0 Å². The van der Waals surface area contributed by atoms with Gasteiger partial charge >= 0.3 is 0 Å². The van der Waals surface area contributed by atoms with Gasteiger partial charge in [0.05, 0.1) is 19.8 Å². The Morgan fingerprint density at radius 3 is 2.62 bits per heavy atom. The van der Waals surface area contributed by atoms with Crippen LogP contribution >= 0.6 is 0 Å². The van der Waals surface area contributed by atoms with Crippen molar-refractivity contribution in [1.82, 2.24) is 10.2 Å². The maximum Gasteiger partial charge on any atom is 0.251 e. The Balaban J connectivity index is 1.32. The molecule has 0 radical (unpaired) electrons. The van der Waals surface area contributed by atoms with Crippen LogP contribution in [0.2, 0.25) is 0 Å². The molecule has 29 heavy (non-hydrogen) atoms. The smallest absolute Gasteiger partial charge is 0.251 e. The number of furan rings is 1. The van der Waals surface area contributed by atoms with E-state index in [1.54, 1.807) is 25.5 Å². The van der Waals surface area contributed by atoms with Crippen LogP contribution in [0.5, 0.6) is 5.75 Å². The fraction of sp³-hybridized carbons (Fsp3) is 0.304. The molecule has 3 aromatic rings. The average Bonchev–Trinajstić information content (AvgIpc) is 3.16. The lowest BCUT2D eigenvalue weighted by atomic mass is 10.0. The van der Waals surface area contributed by atoms with Gasteiger partial charge in [0.1, 0.15) is 11.3 Å². The molecule has 1 aliphatic rings. The first-order valence-corrected chi connectivity index (χ1v) is 9.82. The summed E-state index contributed by atoms with van der Waals surface area (Å²) >= 11 is 0. The highest BCUT2D eigenvalue weighted by Crippen LogP contribution is 2.26. The van der Waals surface area contributed by atoms with Crippen molar-refractivity contribution in [1.29, 1.82) is 0 Å². The van der Waals surface area contributed by atoms with Gasteiger partial charge in [0.15, 0.2) is 0 Å². The summed E-state index contributed by atoms with van der Waals surface area (Å²) < 4.78 is 10.8. The Bertz CT molecular complexity index is 1000. The molecule has 1 fully saturated rings. The van der Waals surface area contributed by atoms with Gasteiger partial charge < -0.3 is 19.4 Å². The molecule has 150 valence electrons. The molecule has 0 aliphatic carbocycles. The zero-order valence-electron chi connectivity index (χ0n) is 16.4. The van der Waals surface area contributed by atoms with Gasteiger partial charge in [-0.3, -0.25) is 9.59 Å². The van der Waals surface area contributed by atoms with E-state index in [9.17, 15) is 9.59 Å². The fourth-order valence-electron chi connectivity index (χ4n) is 3.73. The second kappa shape index (κ2) is 8.39. The lowest BCUT2D eigenvalue weighted by Crippen LogP contribution is -2.46. The SMILES string of the molecule is COc1ccc2c(CC(=O)N3CCC(NC(=O)c4ccccc4)CC3)coc2c1. The number of rotatable bonds is 5. The lowest BCUT2D eigenvalue weighted by Gasteiger charge is -2.32. The number of nitrogens with one attached hydrogen (secondary N) is 1. The second-order valence-corrected chi connectivity index (χ2v) is 7.29. The number of nitrogens with zero attached hydrogens (tertiary/aromatic N) is 1. The number of carbonyl (C=O) groups excluding carboxylic acids is 2. The molecule has 0 spiro atoms. The highest BCUT2D eigenvalue weighted by Gasteiger charge is 2.25. The van der Waals surface area contributed by atoms with Crippen molar-refractivity contribution in [2.45, 2.75) is 25.3 Å². The van der Waals surface area contributed by atoms with Crippen LogP contribution in [0.3, 0.4) is 0 Å². The van der Waals surface area contributed by atoms with Crippen LogP contribution in [0, 0.1) is 0 Å². The Kier molecular flexibility index (Phi) is 5.51. The fourth-order valence-corrected chi connectivity index (χ4v) is 3.73. The number of carbonyl (C=O) groups is 2. The first kappa shape index (κ1) is 19.1. The van der Waals surface area contributed by atoms with Gasteiger partial charge in [0, 0.05) is 41.7 Å². The molecule has 0 atom stereocenters. The summed E-state index contributed by atoms with van der Waals surface area (Å²) in [6, 6.07) is 14.9. The molecule has 6 heteroatoms. The highest BCUT2D eigenvalue weighted by molar-refractivity contribution is 5.94. The van der Waals surface area contributed by atoms with Crippen LogP contribution in [-0.2, 0) is 11.2 Å². The van der Waals surface area contributed by atoms with Crippen LogP contribution in [0.25, 0.3) is 11.0 Å². The van der Waals surface area contributed by atoms with Crippen molar-refractivity contribution in [3.05, 3.63) is 65.9 Å². The van der Waals surface area contributed by atoms with Crippen LogP contribution in [0.4, 0.5) is 0 Å². The van der Waals surface area contributed by atoms with Crippen molar-refractivity contribution in [2.24, 2.45) is 0 Å². The molecule has 0 bridgehead atoms. The zero-order chi connectivity index (χ0) is 20.2. The van der Waals surface area contributed by atoms with E-state index in [0.29, 0.717) is 25.1 Å². The summed E-state index contributed by atoms with van der Waals surface area (Å²) in [5, 5.41) is 4.01. The lowest BCUT2D eigenvalue weighted by molar-refractivity contribution is -0.131. The van der Waals surface area contributed by atoms with E-state index >= 15 is 0 Å². The van der Waals surface area contributed by atoms with E-state index in [0.717, 1.165) is 35.1 Å². The molecule has 2 amide bonds. The first-order valence-electron chi connectivity index (χ1n) is 9.82. The third-order valence-corrected chi connectivity index (χ3v) is 5.42. The average molecular weight is 392 g/mol. The van der Waals surface area contributed by atoms with Crippen LogP contribution in [0.15, 0.2) is 59.2 Å². The van der Waals surface area contributed by atoms with Crippen molar-refractivity contribution in [3.8, 4) is 5.75 Å². The summed E-state index contributed by atoms with van der Waals surface area (Å²) in [6.45, 7) is 1.28. The van der Waals surface area contributed by atoms with Crippen molar-refractivity contribution >= 4 is 22.8 Å². The standard InChI is InChI=1S/C23H24N2O4/c1-28-19-7-8-20-17(15-29-21(20)14-19)13-22(26)25-11-9-18(10-12-25)24-23(27)16-5-3-2-4-6-16/h2-8,14-15,18H,9-13H2,1H3,(H,24,27). The molecule has 1 aromatic heterocycles. The summed E-state index contributed by atoms with van der Waals surface area (Å²) in [4.78, 5) is 26.9. The van der Waals surface area contributed by atoms with Gasteiger partial charge in [-0.1, -0.05) is 18.2 Å². The molecular weight excluding hydrogens is 368 g/mol. The summed E-state index contributed by atoms with van der Waals surface area (Å²) in [5.74, 6) is 0.747. The number of likely N-dealkylation sites (tertiary alicyclic amines) is 1. The minimum Gasteiger partial charge on any atom is -0.497 e. The minimum absolute atomic E-state index is 0.0596. The number of hydrogen-bond acceptors (Lipinski definition) is 4. The van der Waals surface area contributed by atoms with Gasteiger partial charge in [-0.15, -0.1) is 0 Å².